The van der Waals surface area contributed by atoms with Crippen LogP contribution >= 0.6 is 11.3 Å². The third-order valence-corrected chi connectivity index (χ3v) is 3.35. The molecule has 0 radical (unpaired) electrons. The molecule has 3 rings (SSSR count). The van der Waals surface area contributed by atoms with Crippen molar-refractivity contribution in [2.75, 3.05) is 0 Å². The van der Waals surface area contributed by atoms with E-state index in [-0.39, 0.29) is 0 Å². The van der Waals surface area contributed by atoms with Crippen molar-refractivity contribution in [1.82, 2.24) is 14.4 Å². The van der Waals surface area contributed by atoms with Crippen molar-refractivity contribution < 1.29 is 5.11 Å². The van der Waals surface area contributed by atoms with Crippen LogP contribution in [0.2, 0.25) is 0 Å². The Morgan fingerprint density at radius 1 is 1.41 bits per heavy atom. The maximum Gasteiger partial charge on any atom is 0.193 e. The molecule has 1 atom stereocenters. The van der Waals surface area contributed by atoms with Gasteiger partial charge in [-0.25, -0.2) is 4.98 Å². The number of aromatic nitrogens is 3. The van der Waals surface area contributed by atoms with Gasteiger partial charge in [0.2, 0.25) is 0 Å². The highest BCUT2D eigenvalue weighted by Gasteiger charge is 2.12. The minimum absolute atomic E-state index is 0.491. The van der Waals surface area contributed by atoms with E-state index in [0.29, 0.717) is 12.1 Å². The van der Waals surface area contributed by atoms with E-state index >= 15 is 0 Å². The lowest BCUT2D eigenvalue weighted by Crippen LogP contribution is -2.03. The van der Waals surface area contributed by atoms with Crippen molar-refractivity contribution >= 4 is 16.3 Å². The van der Waals surface area contributed by atoms with Crippen LogP contribution in [0.3, 0.4) is 0 Å². The molecular weight excluding hydrogens is 234 g/mol. The molecule has 17 heavy (non-hydrogen) atoms. The SMILES string of the molecule is OC(Cc1cn2ccsc2n1)c1ccccn1. The van der Waals surface area contributed by atoms with Gasteiger partial charge in [-0.15, -0.1) is 11.3 Å². The number of nitrogens with zero attached hydrogens (tertiary/aromatic N) is 3. The lowest BCUT2D eigenvalue weighted by molar-refractivity contribution is 0.172. The fraction of sp³-hybridized carbons (Fsp3) is 0.167. The Morgan fingerprint density at radius 2 is 2.35 bits per heavy atom. The summed E-state index contributed by atoms with van der Waals surface area (Å²) in [5.74, 6) is 0. The number of hydrogen-bond acceptors (Lipinski definition) is 4. The molecular formula is C12H11N3OS. The summed E-state index contributed by atoms with van der Waals surface area (Å²) in [4.78, 5) is 9.52. The molecule has 0 amide bonds. The summed E-state index contributed by atoms with van der Waals surface area (Å²) < 4.78 is 1.96. The summed E-state index contributed by atoms with van der Waals surface area (Å²) in [6.45, 7) is 0. The first kappa shape index (κ1) is 10.4. The van der Waals surface area contributed by atoms with Gasteiger partial charge in [-0.2, -0.15) is 0 Å². The highest BCUT2D eigenvalue weighted by Crippen LogP contribution is 2.18. The Balaban J connectivity index is 1.81. The minimum Gasteiger partial charge on any atom is -0.386 e. The zero-order chi connectivity index (χ0) is 11.7. The molecule has 4 nitrogen and oxygen atoms in total. The van der Waals surface area contributed by atoms with E-state index < -0.39 is 6.10 Å². The molecule has 0 aliphatic rings. The summed E-state index contributed by atoms with van der Waals surface area (Å²) in [5, 5.41) is 12.0. The number of thiazole rings is 1. The van der Waals surface area contributed by atoms with E-state index in [1.165, 1.54) is 0 Å². The largest absolute Gasteiger partial charge is 0.386 e. The van der Waals surface area contributed by atoms with E-state index in [0.717, 1.165) is 10.7 Å². The Bertz CT molecular complexity index is 588. The second kappa shape index (κ2) is 4.27. The van der Waals surface area contributed by atoms with Crippen molar-refractivity contribution in [2.45, 2.75) is 12.5 Å². The molecule has 0 saturated heterocycles. The highest BCUT2D eigenvalue weighted by atomic mass is 32.1. The molecule has 1 N–H and O–H groups in total. The molecule has 1 unspecified atom stereocenters. The second-order valence-corrected chi connectivity index (χ2v) is 4.67. The molecule has 86 valence electrons. The first-order chi connectivity index (χ1) is 8.33. The lowest BCUT2D eigenvalue weighted by Gasteiger charge is -2.07. The van der Waals surface area contributed by atoms with Gasteiger partial charge in [0, 0.05) is 30.4 Å². The maximum absolute atomic E-state index is 10.0. The zero-order valence-electron chi connectivity index (χ0n) is 9.02. The Morgan fingerprint density at radius 3 is 3.12 bits per heavy atom. The van der Waals surface area contributed by atoms with Crippen LogP contribution in [0.4, 0.5) is 0 Å². The maximum atomic E-state index is 10.0. The minimum atomic E-state index is -0.596. The topological polar surface area (TPSA) is 50.4 Å². The van der Waals surface area contributed by atoms with Gasteiger partial charge in [0.05, 0.1) is 11.4 Å². The number of aliphatic hydroxyl groups excluding tert-OH is 1. The highest BCUT2D eigenvalue weighted by molar-refractivity contribution is 7.15. The monoisotopic (exact) mass is 245 g/mol. The Hall–Kier alpha value is -1.72. The number of pyridine rings is 1. The van der Waals surface area contributed by atoms with Crippen LogP contribution < -0.4 is 0 Å². The zero-order valence-corrected chi connectivity index (χ0v) is 9.84. The van der Waals surface area contributed by atoms with E-state index in [1.54, 1.807) is 17.5 Å². The first-order valence-electron chi connectivity index (χ1n) is 5.33. The van der Waals surface area contributed by atoms with Gasteiger partial charge in [0.1, 0.15) is 6.10 Å². The standard InChI is InChI=1S/C12H11N3OS/c16-11(10-3-1-2-4-13-10)7-9-8-15-5-6-17-12(15)14-9/h1-6,8,11,16H,7H2. The summed E-state index contributed by atoms with van der Waals surface area (Å²) in [7, 11) is 0. The Kier molecular flexibility index (Phi) is 2.62. The number of aliphatic hydroxyl groups is 1. The normalized spacial score (nSPS) is 13.0. The van der Waals surface area contributed by atoms with E-state index in [1.807, 2.05) is 40.4 Å². The number of rotatable bonds is 3. The molecule has 3 aromatic rings. The summed E-state index contributed by atoms with van der Waals surface area (Å²) in [6, 6.07) is 5.53. The van der Waals surface area contributed by atoms with Gasteiger partial charge in [-0.05, 0) is 12.1 Å². The van der Waals surface area contributed by atoms with Crippen LogP contribution in [0.1, 0.15) is 17.5 Å². The molecule has 0 spiro atoms. The van der Waals surface area contributed by atoms with E-state index in [9.17, 15) is 5.11 Å². The van der Waals surface area contributed by atoms with Crippen LogP contribution in [-0.2, 0) is 6.42 Å². The predicted octanol–water partition coefficient (Wildman–Crippen LogP) is 2.07. The molecule has 0 saturated carbocycles. The summed E-state index contributed by atoms with van der Waals surface area (Å²) >= 11 is 1.59. The van der Waals surface area contributed by atoms with Crippen LogP contribution in [0.15, 0.2) is 42.2 Å². The number of imidazole rings is 1. The van der Waals surface area contributed by atoms with Crippen molar-refractivity contribution in [3.8, 4) is 0 Å². The van der Waals surface area contributed by atoms with Gasteiger partial charge in [0.15, 0.2) is 4.96 Å². The molecule has 0 aliphatic carbocycles. The van der Waals surface area contributed by atoms with Crippen molar-refractivity contribution in [2.24, 2.45) is 0 Å². The van der Waals surface area contributed by atoms with Gasteiger partial charge >= 0.3 is 0 Å². The molecule has 3 aromatic heterocycles. The molecule has 3 heterocycles. The number of fused-ring (bicyclic) bond motifs is 1. The molecule has 0 aromatic carbocycles. The van der Waals surface area contributed by atoms with E-state index in [2.05, 4.69) is 9.97 Å². The Labute approximate surface area is 102 Å². The van der Waals surface area contributed by atoms with Crippen LogP contribution in [-0.4, -0.2) is 19.5 Å². The average molecular weight is 245 g/mol. The van der Waals surface area contributed by atoms with Crippen LogP contribution in [0.5, 0.6) is 0 Å². The van der Waals surface area contributed by atoms with Gasteiger partial charge in [0.25, 0.3) is 0 Å². The first-order valence-corrected chi connectivity index (χ1v) is 6.21. The van der Waals surface area contributed by atoms with Gasteiger partial charge < -0.3 is 5.11 Å². The third kappa shape index (κ3) is 2.07. The fourth-order valence-corrected chi connectivity index (χ4v) is 2.47. The molecule has 0 fully saturated rings. The molecule has 5 heteroatoms. The predicted molar refractivity (Wildman–Crippen MR) is 66.0 cm³/mol. The van der Waals surface area contributed by atoms with Crippen molar-refractivity contribution in [3.05, 3.63) is 53.6 Å². The number of hydrogen-bond donors (Lipinski definition) is 1. The lowest BCUT2D eigenvalue weighted by atomic mass is 10.1. The quantitative estimate of drug-likeness (QED) is 0.768. The van der Waals surface area contributed by atoms with Crippen LogP contribution in [0.25, 0.3) is 4.96 Å². The second-order valence-electron chi connectivity index (χ2n) is 3.80. The van der Waals surface area contributed by atoms with Gasteiger partial charge in [-0.3, -0.25) is 9.38 Å². The van der Waals surface area contributed by atoms with Crippen molar-refractivity contribution in [3.63, 3.8) is 0 Å². The summed E-state index contributed by atoms with van der Waals surface area (Å²) in [5.41, 5.74) is 1.57. The smallest absolute Gasteiger partial charge is 0.193 e. The molecule has 0 bridgehead atoms. The van der Waals surface area contributed by atoms with E-state index in [4.69, 9.17) is 0 Å². The third-order valence-electron chi connectivity index (χ3n) is 2.57. The molecule has 0 aliphatic heterocycles. The fourth-order valence-electron chi connectivity index (χ4n) is 1.75. The average Bonchev–Trinajstić information content (AvgIpc) is 2.90. The van der Waals surface area contributed by atoms with Gasteiger partial charge in [-0.1, -0.05) is 6.07 Å². The van der Waals surface area contributed by atoms with Crippen LogP contribution in [0, 0.1) is 0 Å². The summed E-state index contributed by atoms with van der Waals surface area (Å²) in [6.07, 6.45) is 5.48. The van der Waals surface area contributed by atoms with Crippen molar-refractivity contribution in [1.29, 1.82) is 0 Å².